The number of urea groups is 1. The largest absolute Gasteiger partial charge is 0.416 e. The number of nitrogen functional groups attached to an aromatic ring is 1. The lowest BCUT2D eigenvalue weighted by atomic mass is 10.1. The number of halogens is 3. The molecule has 2 aromatic carbocycles. The molecule has 0 unspecified atom stereocenters. The zero-order chi connectivity index (χ0) is 22.2. The molecule has 0 atom stereocenters. The summed E-state index contributed by atoms with van der Waals surface area (Å²) < 4.78 is 40.4. The summed E-state index contributed by atoms with van der Waals surface area (Å²) in [6, 6.07) is 13.9. The van der Waals surface area contributed by atoms with E-state index in [4.69, 9.17) is 5.73 Å². The molecule has 0 fully saturated rings. The molecule has 158 valence electrons. The van der Waals surface area contributed by atoms with E-state index in [1.54, 1.807) is 22.7 Å². The Morgan fingerprint density at radius 2 is 1.71 bits per heavy atom. The minimum Gasteiger partial charge on any atom is -0.369 e. The van der Waals surface area contributed by atoms with Gasteiger partial charge in [0.25, 0.3) is 0 Å². The first-order valence-corrected chi connectivity index (χ1v) is 9.30. The van der Waals surface area contributed by atoms with Crippen LogP contribution in [-0.2, 0) is 6.18 Å². The molecule has 0 aliphatic rings. The van der Waals surface area contributed by atoms with Crippen LogP contribution < -0.4 is 16.4 Å². The van der Waals surface area contributed by atoms with Gasteiger partial charge >= 0.3 is 12.2 Å². The van der Waals surface area contributed by atoms with E-state index >= 15 is 0 Å². The van der Waals surface area contributed by atoms with Gasteiger partial charge in [0.1, 0.15) is 0 Å². The molecule has 0 spiro atoms. The smallest absolute Gasteiger partial charge is 0.369 e. The molecule has 4 N–H and O–H groups in total. The highest BCUT2D eigenvalue weighted by Gasteiger charge is 2.32. The van der Waals surface area contributed by atoms with E-state index < -0.39 is 17.8 Å². The van der Waals surface area contributed by atoms with Crippen LogP contribution in [0.5, 0.6) is 0 Å². The van der Waals surface area contributed by atoms with E-state index in [0.717, 1.165) is 22.7 Å². The van der Waals surface area contributed by atoms with Crippen LogP contribution in [0.15, 0.2) is 67.0 Å². The molecule has 31 heavy (non-hydrogen) atoms. The monoisotopic (exact) mass is 425 g/mol. The average molecular weight is 425 g/mol. The molecule has 6 nitrogen and oxygen atoms in total. The lowest BCUT2D eigenvalue weighted by molar-refractivity contribution is -0.138. The molecule has 4 rings (SSSR count). The van der Waals surface area contributed by atoms with Gasteiger partial charge in [0.05, 0.1) is 17.3 Å². The van der Waals surface area contributed by atoms with Gasteiger partial charge in [-0.1, -0.05) is 18.2 Å². The highest BCUT2D eigenvalue weighted by atomic mass is 19.4. The van der Waals surface area contributed by atoms with E-state index in [0.29, 0.717) is 11.6 Å². The Balaban J connectivity index is 1.47. The molecule has 0 radical (unpaired) electrons. The normalized spacial score (nSPS) is 11.5. The van der Waals surface area contributed by atoms with Crippen LogP contribution in [0.2, 0.25) is 0 Å². The number of rotatable bonds is 3. The number of benzene rings is 2. The molecular formula is C22H18F3N5O. The average Bonchev–Trinajstić information content (AvgIpc) is 3.09. The second-order valence-electron chi connectivity index (χ2n) is 6.98. The zero-order valence-electron chi connectivity index (χ0n) is 16.4. The van der Waals surface area contributed by atoms with Crippen LogP contribution in [0, 0.1) is 6.92 Å². The number of anilines is 3. The molecule has 0 saturated heterocycles. The summed E-state index contributed by atoms with van der Waals surface area (Å²) in [6.07, 6.45) is -0.916. The number of nitrogens with zero attached hydrogens (tertiary/aromatic N) is 2. The van der Waals surface area contributed by atoms with E-state index in [-0.39, 0.29) is 11.3 Å². The van der Waals surface area contributed by atoms with E-state index in [1.165, 1.54) is 19.1 Å². The standard InChI is InChI=1S/C22H18F3N5O/c1-13-11-16(8-9-18(13)22(23,24)25)29-21(31)28-15-6-4-14(5-7-15)17-3-2-10-30-19(17)12-27-20(30)26/h2-12H,1H3,(H2,26,27)(H2,28,29,31). The highest BCUT2D eigenvalue weighted by Crippen LogP contribution is 2.33. The number of aryl methyl sites for hydroxylation is 1. The van der Waals surface area contributed by atoms with Crippen LogP contribution >= 0.6 is 0 Å². The lowest BCUT2D eigenvalue weighted by Crippen LogP contribution is -2.19. The predicted molar refractivity (Wildman–Crippen MR) is 114 cm³/mol. The fourth-order valence-electron chi connectivity index (χ4n) is 3.37. The minimum absolute atomic E-state index is 0.0318. The number of alkyl halides is 3. The van der Waals surface area contributed by atoms with Crippen molar-refractivity contribution in [2.24, 2.45) is 0 Å². The van der Waals surface area contributed by atoms with Crippen molar-refractivity contribution in [2.45, 2.75) is 13.1 Å². The Bertz CT molecular complexity index is 1260. The Morgan fingerprint density at radius 1 is 1.03 bits per heavy atom. The fraction of sp³-hybridized carbons (Fsp3) is 0.0909. The Labute approximate surface area is 175 Å². The van der Waals surface area contributed by atoms with E-state index in [9.17, 15) is 18.0 Å². The number of carbonyl (C=O) groups is 1. The van der Waals surface area contributed by atoms with Crippen molar-refractivity contribution in [3.63, 3.8) is 0 Å². The van der Waals surface area contributed by atoms with Crippen LogP contribution in [0.25, 0.3) is 16.6 Å². The van der Waals surface area contributed by atoms with Crippen molar-refractivity contribution in [2.75, 3.05) is 16.4 Å². The fourth-order valence-corrected chi connectivity index (χ4v) is 3.37. The first-order valence-electron chi connectivity index (χ1n) is 9.30. The van der Waals surface area contributed by atoms with Crippen LogP contribution in [0.1, 0.15) is 11.1 Å². The maximum Gasteiger partial charge on any atom is 0.416 e. The predicted octanol–water partition coefficient (Wildman–Crippen LogP) is 5.55. The molecule has 9 heteroatoms. The van der Waals surface area contributed by atoms with Crippen molar-refractivity contribution in [1.82, 2.24) is 9.38 Å². The summed E-state index contributed by atoms with van der Waals surface area (Å²) in [5, 5.41) is 5.21. The van der Waals surface area contributed by atoms with Crippen molar-refractivity contribution < 1.29 is 18.0 Å². The number of nitrogens with two attached hydrogens (primary N) is 1. The summed E-state index contributed by atoms with van der Waals surface area (Å²) in [5.74, 6) is 0.394. The summed E-state index contributed by atoms with van der Waals surface area (Å²) in [4.78, 5) is 16.4. The van der Waals surface area contributed by atoms with E-state index in [2.05, 4.69) is 15.6 Å². The second-order valence-corrected chi connectivity index (χ2v) is 6.98. The molecule has 2 heterocycles. The topological polar surface area (TPSA) is 84.5 Å². The quantitative estimate of drug-likeness (QED) is 0.402. The third kappa shape index (κ3) is 4.16. The lowest BCUT2D eigenvalue weighted by Gasteiger charge is -2.13. The number of hydrogen-bond donors (Lipinski definition) is 3. The van der Waals surface area contributed by atoms with Gasteiger partial charge in [0, 0.05) is 23.1 Å². The number of imidazole rings is 1. The van der Waals surface area contributed by atoms with Gasteiger partial charge in [-0.3, -0.25) is 4.40 Å². The molecular weight excluding hydrogens is 407 g/mol. The van der Waals surface area contributed by atoms with Gasteiger partial charge in [-0.15, -0.1) is 0 Å². The van der Waals surface area contributed by atoms with Gasteiger partial charge in [0.15, 0.2) is 0 Å². The van der Waals surface area contributed by atoms with Crippen LogP contribution in [0.3, 0.4) is 0 Å². The number of nitrogens with one attached hydrogen (secondary N) is 2. The maximum absolute atomic E-state index is 12.9. The number of carbonyl (C=O) groups excluding carboxylic acids is 1. The number of fused-ring (bicyclic) bond motifs is 1. The Hall–Kier alpha value is -4.01. The van der Waals surface area contributed by atoms with Gasteiger partial charge < -0.3 is 16.4 Å². The number of amides is 2. The van der Waals surface area contributed by atoms with Crippen molar-refractivity contribution in [3.8, 4) is 11.1 Å². The zero-order valence-corrected chi connectivity index (χ0v) is 16.4. The molecule has 0 aliphatic carbocycles. The van der Waals surface area contributed by atoms with Crippen LogP contribution in [0.4, 0.5) is 35.3 Å². The molecule has 0 saturated carbocycles. The Morgan fingerprint density at radius 3 is 2.39 bits per heavy atom. The summed E-state index contributed by atoms with van der Waals surface area (Å²) in [6.45, 7) is 1.35. The summed E-state index contributed by atoms with van der Waals surface area (Å²) in [7, 11) is 0. The number of pyridine rings is 1. The minimum atomic E-state index is -4.43. The Kier molecular flexibility index (Phi) is 5.02. The van der Waals surface area contributed by atoms with Gasteiger partial charge in [0.2, 0.25) is 5.95 Å². The highest BCUT2D eigenvalue weighted by molar-refractivity contribution is 6.00. The molecule has 4 aromatic rings. The third-order valence-electron chi connectivity index (χ3n) is 4.84. The number of aromatic nitrogens is 2. The third-order valence-corrected chi connectivity index (χ3v) is 4.84. The van der Waals surface area contributed by atoms with Gasteiger partial charge in [-0.25, -0.2) is 9.78 Å². The second kappa shape index (κ2) is 7.67. The summed E-state index contributed by atoms with van der Waals surface area (Å²) >= 11 is 0. The first-order chi connectivity index (χ1) is 14.7. The summed E-state index contributed by atoms with van der Waals surface area (Å²) in [5.41, 5.74) is 8.65. The van der Waals surface area contributed by atoms with Crippen molar-refractivity contribution in [3.05, 3.63) is 78.1 Å². The van der Waals surface area contributed by atoms with Gasteiger partial charge in [-0.2, -0.15) is 13.2 Å². The van der Waals surface area contributed by atoms with Crippen molar-refractivity contribution in [1.29, 1.82) is 0 Å². The molecule has 0 bridgehead atoms. The first kappa shape index (κ1) is 20.3. The van der Waals surface area contributed by atoms with Gasteiger partial charge in [-0.05, 0) is 54.4 Å². The van der Waals surface area contributed by atoms with Crippen LogP contribution in [-0.4, -0.2) is 15.4 Å². The molecule has 0 aliphatic heterocycles. The van der Waals surface area contributed by atoms with E-state index in [1.807, 2.05) is 30.5 Å². The maximum atomic E-state index is 12.9. The molecule has 2 amide bonds. The SMILES string of the molecule is Cc1cc(NC(=O)Nc2ccc(-c3cccn4c(N)ncc34)cc2)ccc1C(F)(F)F. The van der Waals surface area contributed by atoms with Crippen molar-refractivity contribution >= 4 is 28.9 Å². The molecule has 2 aromatic heterocycles. The number of hydrogen-bond acceptors (Lipinski definition) is 3.